The van der Waals surface area contributed by atoms with Crippen molar-refractivity contribution in [3.8, 4) is 11.1 Å². The summed E-state index contributed by atoms with van der Waals surface area (Å²) in [4.78, 5) is 23.1. The van der Waals surface area contributed by atoms with E-state index >= 15 is 0 Å². The number of aromatic nitrogens is 5. The molecule has 4 aromatic heterocycles. The van der Waals surface area contributed by atoms with E-state index in [0.29, 0.717) is 39.8 Å². The molecular formula is C26H25ClF3N7O3. The number of rotatable bonds is 8. The molecule has 0 spiro atoms. The van der Waals surface area contributed by atoms with Crippen LogP contribution >= 0.6 is 11.6 Å². The van der Waals surface area contributed by atoms with Gasteiger partial charge in [0.05, 0.1) is 36.2 Å². The van der Waals surface area contributed by atoms with Crippen molar-refractivity contribution in [2.45, 2.75) is 31.9 Å². The molecule has 210 valence electrons. The van der Waals surface area contributed by atoms with E-state index in [2.05, 4.69) is 20.4 Å². The number of methoxy groups -OCH3 is 1. The molecule has 0 fully saturated rings. The topological polar surface area (TPSA) is 110 Å². The second-order valence-electron chi connectivity index (χ2n) is 9.28. The Balaban J connectivity index is 1.46. The van der Waals surface area contributed by atoms with Crippen LogP contribution in [0.15, 0.2) is 48.9 Å². The molecule has 0 saturated carbocycles. The molecule has 0 saturated heterocycles. The molecule has 0 radical (unpaired) electrons. The van der Waals surface area contributed by atoms with Crippen molar-refractivity contribution >= 4 is 29.1 Å². The SMILES string of the molecule is COCC1Cn2cc(-c3cc(Nc4ccnn4C)ncc3Cl)cc2C(=O)N1Cc1ccc(C(F)(F)F)nc1CO. The summed E-state index contributed by atoms with van der Waals surface area (Å²) in [5.41, 5.74) is 0.783. The molecule has 1 atom stereocenters. The van der Waals surface area contributed by atoms with Gasteiger partial charge in [-0.25, -0.2) is 9.97 Å². The molecule has 0 aromatic carbocycles. The standard InChI is InChI=1S/C26H25ClF3N7O3/c1-35-24(5-6-32-35)34-23-8-18(19(27)9-31-23)16-7-21-25(39)37(17(14-40-2)12-36(21)10-16)11-15-3-4-22(26(28,29)30)33-20(15)13-38/h3-10,17,38H,11-14H2,1-2H3,(H,31,34). The highest BCUT2D eigenvalue weighted by Gasteiger charge is 2.36. The highest BCUT2D eigenvalue weighted by Crippen LogP contribution is 2.34. The third-order valence-electron chi connectivity index (χ3n) is 6.68. The van der Waals surface area contributed by atoms with Gasteiger partial charge < -0.3 is 24.6 Å². The van der Waals surface area contributed by atoms with Crippen LogP contribution in [-0.4, -0.2) is 60.0 Å². The number of carbonyl (C=O) groups excluding carboxylic acids is 1. The van der Waals surface area contributed by atoms with Crippen molar-refractivity contribution in [2.75, 3.05) is 19.0 Å². The van der Waals surface area contributed by atoms with Gasteiger partial charge >= 0.3 is 6.18 Å². The maximum Gasteiger partial charge on any atom is 0.433 e. The number of alkyl halides is 3. The van der Waals surface area contributed by atoms with Gasteiger partial charge in [0.25, 0.3) is 5.91 Å². The number of aliphatic hydroxyl groups excluding tert-OH is 1. The van der Waals surface area contributed by atoms with E-state index in [4.69, 9.17) is 16.3 Å². The van der Waals surface area contributed by atoms with Crippen LogP contribution in [0.25, 0.3) is 11.1 Å². The Morgan fingerprint density at radius 2 is 2.05 bits per heavy atom. The number of aryl methyl sites for hydroxylation is 1. The maximum absolute atomic E-state index is 13.7. The molecular weight excluding hydrogens is 551 g/mol. The van der Waals surface area contributed by atoms with Gasteiger partial charge in [0, 0.05) is 56.8 Å². The van der Waals surface area contributed by atoms with E-state index in [1.807, 2.05) is 6.20 Å². The lowest BCUT2D eigenvalue weighted by Gasteiger charge is -2.36. The van der Waals surface area contributed by atoms with Crippen LogP contribution in [0.1, 0.15) is 27.4 Å². The van der Waals surface area contributed by atoms with Crippen molar-refractivity contribution in [2.24, 2.45) is 7.05 Å². The van der Waals surface area contributed by atoms with Crippen LogP contribution in [0, 0.1) is 0 Å². The Kier molecular flexibility index (Phi) is 7.53. The maximum atomic E-state index is 13.7. The Bertz CT molecular complexity index is 1550. The van der Waals surface area contributed by atoms with Gasteiger partial charge in [-0.2, -0.15) is 18.3 Å². The summed E-state index contributed by atoms with van der Waals surface area (Å²) in [6.45, 7) is -0.189. The first kappa shape index (κ1) is 27.6. The second kappa shape index (κ2) is 10.9. The van der Waals surface area contributed by atoms with Gasteiger partial charge in [0.15, 0.2) is 0 Å². The lowest BCUT2D eigenvalue weighted by molar-refractivity contribution is -0.141. The lowest BCUT2D eigenvalue weighted by atomic mass is 10.1. The molecule has 10 nitrogen and oxygen atoms in total. The van der Waals surface area contributed by atoms with Gasteiger partial charge in [-0.05, 0) is 23.8 Å². The van der Waals surface area contributed by atoms with Gasteiger partial charge in [-0.1, -0.05) is 17.7 Å². The minimum absolute atomic E-state index is 0.0524. The fraction of sp³-hybridized carbons (Fsp3) is 0.308. The quantitative estimate of drug-likeness (QED) is 0.323. The predicted octanol–water partition coefficient (Wildman–Crippen LogP) is 4.26. The molecule has 5 heterocycles. The fourth-order valence-corrected chi connectivity index (χ4v) is 4.88. The third kappa shape index (κ3) is 5.40. The van der Waals surface area contributed by atoms with Gasteiger partial charge in [0.2, 0.25) is 0 Å². The van der Waals surface area contributed by atoms with E-state index in [-0.39, 0.29) is 24.8 Å². The lowest BCUT2D eigenvalue weighted by Crippen LogP contribution is -2.49. The van der Waals surface area contributed by atoms with Crippen LogP contribution in [-0.2, 0) is 37.7 Å². The number of anilines is 2. The monoisotopic (exact) mass is 575 g/mol. The molecule has 14 heteroatoms. The minimum Gasteiger partial charge on any atom is -0.390 e. The van der Waals surface area contributed by atoms with E-state index in [0.717, 1.165) is 11.9 Å². The molecule has 2 N–H and O–H groups in total. The smallest absolute Gasteiger partial charge is 0.390 e. The number of carbonyl (C=O) groups is 1. The number of pyridine rings is 2. The van der Waals surface area contributed by atoms with Gasteiger partial charge in [-0.3, -0.25) is 9.48 Å². The molecule has 1 amide bonds. The number of hydrogen-bond donors (Lipinski definition) is 2. The highest BCUT2D eigenvalue weighted by molar-refractivity contribution is 6.33. The van der Waals surface area contributed by atoms with E-state index < -0.39 is 24.5 Å². The van der Waals surface area contributed by atoms with Crippen LogP contribution in [0.4, 0.5) is 24.8 Å². The predicted molar refractivity (Wildman–Crippen MR) is 140 cm³/mol. The number of halogens is 4. The van der Waals surface area contributed by atoms with E-state index in [1.54, 1.807) is 40.7 Å². The minimum atomic E-state index is -4.65. The third-order valence-corrected chi connectivity index (χ3v) is 6.98. The van der Waals surface area contributed by atoms with E-state index in [1.165, 1.54) is 24.3 Å². The number of nitrogens with zero attached hydrogens (tertiary/aromatic N) is 6. The van der Waals surface area contributed by atoms with Gasteiger partial charge in [0.1, 0.15) is 23.0 Å². The number of amides is 1. The Labute approximate surface area is 232 Å². The van der Waals surface area contributed by atoms with Crippen molar-refractivity contribution in [1.82, 2.24) is 29.2 Å². The molecule has 0 bridgehead atoms. The van der Waals surface area contributed by atoms with Crippen LogP contribution < -0.4 is 5.32 Å². The van der Waals surface area contributed by atoms with Crippen molar-refractivity contribution in [3.63, 3.8) is 0 Å². The Morgan fingerprint density at radius 1 is 1.25 bits per heavy atom. The molecule has 40 heavy (non-hydrogen) atoms. The summed E-state index contributed by atoms with van der Waals surface area (Å²) in [5.74, 6) is 0.913. The largest absolute Gasteiger partial charge is 0.433 e. The molecule has 4 aromatic rings. The first-order valence-corrected chi connectivity index (χ1v) is 12.5. The van der Waals surface area contributed by atoms with Crippen molar-refractivity contribution < 1.29 is 27.8 Å². The molecule has 1 aliphatic heterocycles. The second-order valence-corrected chi connectivity index (χ2v) is 9.69. The average Bonchev–Trinajstić information content (AvgIpc) is 3.53. The van der Waals surface area contributed by atoms with Crippen LogP contribution in [0.5, 0.6) is 0 Å². The number of ether oxygens (including phenoxy) is 1. The van der Waals surface area contributed by atoms with E-state index in [9.17, 15) is 23.1 Å². The summed E-state index contributed by atoms with van der Waals surface area (Å²) in [7, 11) is 3.30. The fourth-order valence-electron chi connectivity index (χ4n) is 4.67. The molecule has 5 rings (SSSR count). The summed E-state index contributed by atoms with van der Waals surface area (Å²) in [6, 6.07) is 6.94. The summed E-state index contributed by atoms with van der Waals surface area (Å²) >= 11 is 6.49. The normalized spacial score (nSPS) is 15.4. The number of hydrogen-bond acceptors (Lipinski definition) is 7. The zero-order valence-corrected chi connectivity index (χ0v) is 22.2. The number of aliphatic hydroxyl groups is 1. The summed E-state index contributed by atoms with van der Waals surface area (Å²) in [6.07, 6.45) is 0.336. The number of fused-ring (bicyclic) bond motifs is 1. The number of nitrogens with one attached hydrogen (secondary N) is 1. The zero-order chi connectivity index (χ0) is 28.6. The highest BCUT2D eigenvalue weighted by atomic mass is 35.5. The van der Waals surface area contributed by atoms with Crippen molar-refractivity contribution in [3.05, 3.63) is 76.6 Å². The Morgan fingerprint density at radius 3 is 2.73 bits per heavy atom. The molecule has 0 aliphatic carbocycles. The molecule has 1 unspecified atom stereocenters. The Hall–Kier alpha value is -3.94. The van der Waals surface area contributed by atoms with Crippen molar-refractivity contribution in [1.29, 1.82) is 0 Å². The summed E-state index contributed by atoms with van der Waals surface area (Å²) < 4.78 is 48.2. The first-order valence-electron chi connectivity index (χ1n) is 12.2. The van der Waals surface area contributed by atoms with Crippen LogP contribution in [0.2, 0.25) is 5.02 Å². The average molecular weight is 576 g/mol. The molecule has 1 aliphatic rings. The summed E-state index contributed by atoms with van der Waals surface area (Å²) in [5, 5.41) is 17.4. The zero-order valence-electron chi connectivity index (χ0n) is 21.5. The first-order chi connectivity index (χ1) is 19.1. The van der Waals surface area contributed by atoms with Gasteiger partial charge in [-0.15, -0.1) is 0 Å². The van der Waals surface area contributed by atoms with Crippen LogP contribution in [0.3, 0.4) is 0 Å².